The van der Waals surface area contributed by atoms with Crippen LogP contribution in [0.25, 0.3) is 0 Å². The van der Waals surface area contributed by atoms with Crippen molar-refractivity contribution in [2.24, 2.45) is 5.92 Å². The van der Waals surface area contributed by atoms with Gasteiger partial charge in [-0.2, -0.15) is 0 Å². The van der Waals surface area contributed by atoms with Crippen LogP contribution in [0.2, 0.25) is 0 Å². The van der Waals surface area contributed by atoms with E-state index >= 15 is 0 Å². The van der Waals surface area contributed by atoms with E-state index < -0.39 is 0 Å². The van der Waals surface area contributed by atoms with E-state index in [-0.39, 0.29) is 11.9 Å². The van der Waals surface area contributed by atoms with E-state index in [1.54, 1.807) is 17.4 Å². The maximum Gasteiger partial charge on any atom is 0.147 e. The first-order chi connectivity index (χ1) is 8.58. The molecule has 0 spiro atoms. The summed E-state index contributed by atoms with van der Waals surface area (Å²) in [7, 11) is 0. The van der Waals surface area contributed by atoms with Crippen LogP contribution in [-0.4, -0.2) is 0 Å². The van der Waals surface area contributed by atoms with E-state index in [2.05, 4.69) is 41.2 Å². The summed E-state index contributed by atoms with van der Waals surface area (Å²) in [4.78, 5) is 1.23. The number of rotatable bonds is 4. The predicted octanol–water partition coefficient (Wildman–Crippen LogP) is 5.46. The summed E-state index contributed by atoms with van der Waals surface area (Å²) in [6.07, 6.45) is 0. The molecule has 1 unspecified atom stereocenters. The van der Waals surface area contributed by atoms with Crippen LogP contribution in [0, 0.1) is 11.7 Å². The third kappa shape index (κ3) is 3.12. The van der Waals surface area contributed by atoms with Gasteiger partial charge in [-0.15, -0.1) is 11.3 Å². The minimum atomic E-state index is -0.230. The molecule has 0 aliphatic rings. The first kappa shape index (κ1) is 13.6. The molecule has 0 saturated carbocycles. The highest BCUT2D eigenvalue weighted by molar-refractivity contribution is 9.10. The zero-order chi connectivity index (χ0) is 13.1. The molecule has 18 heavy (non-hydrogen) atoms. The van der Waals surface area contributed by atoms with Crippen LogP contribution >= 0.6 is 27.3 Å². The van der Waals surface area contributed by atoms with Gasteiger partial charge in [0, 0.05) is 9.35 Å². The Kier molecular flexibility index (Phi) is 4.40. The molecular weight excluding hydrogens is 313 g/mol. The fraction of sp³-hybridized carbons (Fsp3) is 0.286. The molecule has 0 aliphatic heterocycles. The molecule has 96 valence electrons. The SMILES string of the molecule is CC(C)C(Nc1ccc(Br)cc1F)c1cccs1. The van der Waals surface area contributed by atoms with Gasteiger partial charge in [-0.1, -0.05) is 35.8 Å². The zero-order valence-electron chi connectivity index (χ0n) is 10.3. The van der Waals surface area contributed by atoms with E-state index in [1.807, 2.05) is 17.5 Å². The fourth-order valence-corrected chi connectivity index (χ4v) is 3.09. The van der Waals surface area contributed by atoms with Crippen LogP contribution < -0.4 is 5.32 Å². The third-order valence-corrected chi connectivity index (χ3v) is 4.21. The van der Waals surface area contributed by atoms with E-state index in [0.717, 1.165) is 4.47 Å². The Morgan fingerprint density at radius 3 is 2.61 bits per heavy atom. The molecule has 0 bridgehead atoms. The summed E-state index contributed by atoms with van der Waals surface area (Å²) in [5, 5.41) is 5.34. The summed E-state index contributed by atoms with van der Waals surface area (Å²) in [6.45, 7) is 4.27. The van der Waals surface area contributed by atoms with Crippen molar-refractivity contribution in [1.82, 2.24) is 0 Å². The normalized spacial score (nSPS) is 12.7. The summed E-state index contributed by atoms with van der Waals surface area (Å²) in [6, 6.07) is 9.34. The van der Waals surface area contributed by atoms with Gasteiger partial charge in [0.25, 0.3) is 0 Å². The molecule has 1 aromatic heterocycles. The molecule has 1 N–H and O–H groups in total. The Bertz CT molecular complexity index is 511. The first-order valence-electron chi connectivity index (χ1n) is 5.83. The highest BCUT2D eigenvalue weighted by Crippen LogP contribution is 2.31. The number of nitrogens with one attached hydrogen (secondary N) is 1. The van der Waals surface area contributed by atoms with Crippen molar-refractivity contribution in [3.05, 3.63) is 50.9 Å². The quantitative estimate of drug-likeness (QED) is 0.786. The van der Waals surface area contributed by atoms with Crippen LogP contribution in [0.5, 0.6) is 0 Å². The van der Waals surface area contributed by atoms with Crippen LogP contribution in [0.3, 0.4) is 0 Å². The maximum atomic E-state index is 13.8. The lowest BCUT2D eigenvalue weighted by atomic mass is 10.0. The van der Waals surface area contributed by atoms with Crippen LogP contribution in [-0.2, 0) is 0 Å². The molecule has 0 aliphatic carbocycles. The topological polar surface area (TPSA) is 12.0 Å². The third-order valence-electron chi connectivity index (χ3n) is 2.76. The molecule has 1 nitrogen and oxygen atoms in total. The Labute approximate surface area is 119 Å². The summed E-state index contributed by atoms with van der Waals surface area (Å²) in [5.74, 6) is 0.165. The van der Waals surface area contributed by atoms with Crippen molar-refractivity contribution < 1.29 is 4.39 Å². The van der Waals surface area contributed by atoms with Crippen molar-refractivity contribution in [3.8, 4) is 0 Å². The lowest BCUT2D eigenvalue weighted by Gasteiger charge is -2.22. The molecule has 0 saturated heterocycles. The summed E-state index contributed by atoms with van der Waals surface area (Å²) in [5.41, 5.74) is 0.547. The Hall–Kier alpha value is -0.870. The summed E-state index contributed by atoms with van der Waals surface area (Å²) >= 11 is 4.96. The highest BCUT2D eigenvalue weighted by atomic mass is 79.9. The van der Waals surface area contributed by atoms with Crippen molar-refractivity contribution in [2.75, 3.05) is 5.32 Å². The average molecular weight is 328 g/mol. The molecular formula is C14H15BrFNS. The second kappa shape index (κ2) is 5.85. The lowest BCUT2D eigenvalue weighted by molar-refractivity contribution is 0.546. The van der Waals surface area contributed by atoms with Crippen molar-refractivity contribution in [1.29, 1.82) is 0 Å². The van der Waals surface area contributed by atoms with Gasteiger partial charge >= 0.3 is 0 Å². The number of hydrogen-bond acceptors (Lipinski definition) is 2. The van der Waals surface area contributed by atoms with Crippen LogP contribution in [0.4, 0.5) is 10.1 Å². The van der Waals surface area contributed by atoms with Crippen molar-refractivity contribution >= 4 is 33.0 Å². The van der Waals surface area contributed by atoms with Gasteiger partial charge < -0.3 is 5.32 Å². The smallest absolute Gasteiger partial charge is 0.147 e. The van der Waals surface area contributed by atoms with E-state index in [4.69, 9.17) is 0 Å². The van der Waals surface area contributed by atoms with E-state index in [1.165, 1.54) is 10.9 Å². The van der Waals surface area contributed by atoms with Crippen LogP contribution in [0.1, 0.15) is 24.8 Å². The monoisotopic (exact) mass is 327 g/mol. The van der Waals surface area contributed by atoms with Gasteiger partial charge in [-0.25, -0.2) is 4.39 Å². The number of benzene rings is 1. The largest absolute Gasteiger partial charge is 0.375 e. The fourth-order valence-electron chi connectivity index (χ4n) is 1.81. The predicted molar refractivity (Wildman–Crippen MR) is 79.6 cm³/mol. The molecule has 0 radical (unpaired) electrons. The first-order valence-corrected chi connectivity index (χ1v) is 7.50. The highest BCUT2D eigenvalue weighted by Gasteiger charge is 2.18. The minimum Gasteiger partial charge on any atom is -0.375 e. The van der Waals surface area contributed by atoms with Gasteiger partial charge in [0.2, 0.25) is 0 Å². The van der Waals surface area contributed by atoms with Gasteiger partial charge in [-0.05, 0) is 35.6 Å². The number of anilines is 1. The van der Waals surface area contributed by atoms with E-state index in [9.17, 15) is 4.39 Å². The molecule has 2 aromatic rings. The molecule has 2 rings (SSSR count). The Balaban J connectivity index is 2.24. The van der Waals surface area contributed by atoms with Crippen molar-refractivity contribution in [3.63, 3.8) is 0 Å². The zero-order valence-corrected chi connectivity index (χ0v) is 12.7. The molecule has 4 heteroatoms. The second-order valence-corrected chi connectivity index (χ2v) is 6.40. The molecule has 0 fully saturated rings. The summed E-state index contributed by atoms with van der Waals surface area (Å²) < 4.78 is 14.6. The number of halogens is 2. The Morgan fingerprint density at radius 1 is 1.28 bits per heavy atom. The molecule has 1 heterocycles. The molecule has 1 atom stereocenters. The maximum absolute atomic E-state index is 13.8. The second-order valence-electron chi connectivity index (χ2n) is 4.51. The van der Waals surface area contributed by atoms with Gasteiger partial charge in [-0.3, -0.25) is 0 Å². The van der Waals surface area contributed by atoms with Crippen molar-refractivity contribution in [2.45, 2.75) is 19.9 Å². The lowest BCUT2D eigenvalue weighted by Crippen LogP contribution is -2.16. The van der Waals surface area contributed by atoms with E-state index in [0.29, 0.717) is 11.6 Å². The number of thiophene rings is 1. The standard InChI is InChI=1S/C14H15BrFNS/c1-9(2)14(13-4-3-7-18-13)17-12-6-5-10(15)8-11(12)16/h3-9,14,17H,1-2H3. The van der Waals surface area contributed by atoms with Gasteiger partial charge in [0.15, 0.2) is 0 Å². The Morgan fingerprint density at radius 2 is 2.06 bits per heavy atom. The average Bonchev–Trinajstić information content (AvgIpc) is 2.80. The molecule has 0 amide bonds. The minimum absolute atomic E-state index is 0.140. The van der Waals surface area contributed by atoms with Gasteiger partial charge in [0.05, 0.1) is 11.7 Å². The van der Waals surface area contributed by atoms with Crippen LogP contribution in [0.15, 0.2) is 40.2 Å². The molecule has 1 aromatic carbocycles. The van der Waals surface area contributed by atoms with Gasteiger partial charge in [0.1, 0.15) is 5.82 Å². The number of hydrogen-bond donors (Lipinski definition) is 1.